The van der Waals surface area contributed by atoms with Gasteiger partial charge in [-0.25, -0.2) is 4.79 Å². The number of aliphatic hydroxyl groups is 1. The zero-order chi connectivity index (χ0) is 14.2. The number of aliphatic hydroxyl groups excluding tert-OH is 1. The Morgan fingerprint density at radius 3 is 2.39 bits per heavy atom. The Hall–Kier alpha value is -0.810. The van der Waals surface area contributed by atoms with Crippen LogP contribution in [0.1, 0.15) is 47.5 Å². The molecular weight excluding hydrogens is 232 g/mol. The maximum Gasteiger partial charge on any atom is 0.407 e. The van der Waals surface area contributed by atoms with Crippen molar-refractivity contribution < 1.29 is 14.6 Å². The number of hydrogen-bond donors (Lipinski definition) is 3. The number of hydrogen-bond acceptors (Lipinski definition) is 4. The average molecular weight is 260 g/mol. The Morgan fingerprint density at radius 1 is 1.28 bits per heavy atom. The third kappa shape index (κ3) is 11.7. The number of nitrogens with one attached hydrogen (secondary N) is 2. The van der Waals surface area contributed by atoms with E-state index in [0.29, 0.717) is 6.54 Å². The predicted octanol–water partition coefficient (Wildman–Crippen LogP) is 1.65. The van der Waals surface area contributed by atoms with Gasteiger partial charge in [0.05, 0.1) is 6.10 Å². The topological polar surface area (TPSA) is 70.6 Å². The van der Waals surface area contributed by atoms with Crippen LogP contribution >= 0.6 is 0 Å². The fourth-order valence-electron chi connectivity index (χ4n) is 1.54. The quantitative estimate of drug-likeness (QED) is 0.609. The molecule has 108 valence electrons. The lowest BCUT2D eigenvalue weighted by atomic mass is 10.1. The van der Waals surface area contributed by atoms with E-state index in [1.54, 1.807) is 6.92 Å². The van der Waals surface area contributed by atoms with Crippen LogP contribution < -0.4 is 10.6 Å². The number of alkyl carbamates (subject to hydrolysis) is 1. The lowest BCUT2D eigenvalue weighted by molar-refractivity contribution is 0.0527. The van der Waals surface area contributed by atoms with E-state index < -0.39 is 5.60 Å². The molecule has 0 aliphatic heterocycles. The van der Waals surface area contributed by atoms with Crippen molar-refractivity contribution in [3.05, 3.63) is 0 Å². The summed E-state index contributed by atoms with van der Waals surface area (Å²) in [5, 5.41) is 15.2. The molecule has 0 saturated carbocycles. The number of carbonyl (C=O) groups excluding carboxylic acids is 1. The van der Waals surface area contributed by atoms with Crippen molar-refractivity contribution in [3.8, 4) is 0 Å². The second-order valence-electron chi connectivity index (χ2n) is 5.72. The highest BCUT2D eigenvalue weighted by Crippen LogP contribution is 2.06. The molecule has 0 saturated heterocycles. The van der Waals surface area contributed by atoms with Crippen molar-refractivity contribution in [1.82, 2.24) is 10.6 Å². The van der Waals surface area contributed by atoms with Gasteiger partial charge in [0.1, 0.15) is 5.60 Å². The molecule has 2 atom stereocenters. The van der Waals surface area contributed by atoms with E-state index in [2.05, 4.69) is 10.6 Å². The zero-order valence-corrected chi connectivity index (χ0v) is 12.2. The first-order chi connectivity index (χ1) is 8.20. The highest BCUT2D eigenvalue weighted by molar-refractivity contribution is 5.67. The fourth-order valence-corrected chi connectivity index (χ4v) is 1.54. The second kappa shape index (κ2) is 8.32. The highest BCUT2D eigenvalue weighted by atomic mass is 16.6. The van der Waals surface area contributed by atoms with Crippen molar-refractivity contribution in [3.63, 3.8) is 0 Å². The fraction of sp³-hybridized carbons (Fsp3) is 0.923. The van der Waals surface area contributed by atoms with Crippen LogP contribution in [0.25, 0.3) is 0 Å². The van der Waals surface area contributed by atoms with Crippen LogP contribution in [0.15, 0.2) is 0 Å². The van der Waals surface area contributed by atoms with Gasteiger partial charge in [0.15, 0.2) is 0 Å². The molecule has 0 bridgehead atoms. The summed E-state index contributed by atoms with van der Waals surface area (Å²) in [4.78, 5) is 11.3. The first kappa shape index (κ1) is 17.2. The van der Waals surface area contributed by atoms with Gasteiger partial charge in [0, 0.05) is 12.6 Å². The van der Waals surface area contributed by atoms with Crippen molar-refractivity contribution in [1.29, 1.82) is 0 Å². The Balaban J connectivity index is 3.48. The largest absolute Gasteiger partial charge is 0.444 e. The summed E-state index contributed by atoms with van der Waals surface area (Å²) >= 11 is 0. The number of carbonyl (C=O) groups is 1. The predicted molar refractivity (Wildman–Crippen MR) is 72.6 cm³/mol. The summed E-state index contributed by atoms with van der Waals surface area (Å²) in [5.41, 5.74) is -0.450. The molecule has 0 aromatic carbocycles. The molecule has 0 aliphatic carbocycles. The van der Waals surface area contributed by atoms with Crippen LogP contribution in [0.5, 0.6) is 0 Å². The molecule has 1 amide bonds. The Morgan fingerprint density at radius 2 is 1.89 bits per heavy atom. The minimum absolute atomic E-state index is 0.284. The molecule has 2 unspecified atom stereocenters. The van der Waals surface area contributed by atoms with Crippen molar-refractivity contribution in [2.24, 2.45) is 0 Å². The Kier molecular flexibility index (Phi) is 7.95. The normalized spacial score (nSPS) is 15.0. The Labute approximate surface area is 110 Å². The van der Waals surface area contributed by atoms with Gasteiger partial charge in [-0.2, -0.15) is 0 Å². The third-order valence-corrected chi connectivity index (χ3v) is 2.21. The standard InChI is InChI=1S/C13H28N2O3/c1-10(9-11(2)16)14-7-6-8-15-12(17)18-13(3,4)5/h10-11,14,16H,6-9H2,1-5H3,(H,15,17). The van der Waals surface area contributed by atoms with Crippen LogP contribution in [0.3, 0.4) is 0 Å². The van der Waals surface area contributed by atoms with E-state index in [9.17, 15) is 9.90 Å². The second-order valence-corrected chi connectivity index (χ2v) is 5.72. The summed E-state index contributed by atoms with van der Waals surface area (Å²) in [6.45, 7) is 10.7. The Bertz CT molecular complexity index is 237. The maximum atomic E-state index is 11.3. The van der Waals surface area contributed by atoms with Gasteiger partial charge in [-0.1, -0.05) is 0 Å². The summed E-state index contributed by atoms with van der Waals surface area (Å²) in [6, 6.07) is 0.284. The van der Waals surface area contributed by atoms with Crippen LogP contribution in [-0.2, 0) is 4.74 Å². The molecule has 0 spiro atoms. The molecule has 18 heavy (non-hydrogen) atoms. The molecule has 0 aromatic rings. The average Bonchev–Trinajstić information content (AvgIpc) is 2.12. The first-order valence-electron chi connectivity index (χ1n) is 6.59. The van der Waals surface area contributed by atoms with Gasteiger partial charge < -0.3 is 20.5 Å². The van der Waals surface area contributed by atoms with E-state index in [1.165, 1.54) is 0 Å². The van der Waals surface area contributed by atoms with Crippen LogP contribution in [0.4, 0.5) is 4.79 Å². The van der Waals surface area contributed by atoms with E-state index in [4.69, 9.17) is 4.74 Å². The number of amides is 1. The zero-order valence-electron chi connectivity index (χ0n) is 12.2. The van der Waals surface area contributed by atoms with Gasteiger partial charge >= 0.3 is 6.09 Å². The smallest absolute Gasteiger partial charge is 0.407 e. The molecule has 0 aliphatic rings. The van der Waals surface area contributed by atoms with Crippen molar-refractivity contribution >= 4 is 6.09 Å². The molecular formula is C13H28N2O3. The summed E-state index contributed by atoms with van der Waals surface area (Å²) in [7, 11) is 0. The van der Waals surface area contributed by atoms with Crippen molar-refractivity contribution in [2.75, 3.05) is 13.1 Å². The maximum absolute atomic E-state index is 11.3. The van der Waals surface area contributed by atoms with Gasteiger partial charge in [-0.3, -0.25) is 0 Å². The summed E-state index contributed by atoms with van der Waals surface area (Å²) < 4.78 is 5.11. The van der Waals surface area contributed by atoms with Gasteiger partial charge in [-0.15, -0.1) is 0 Å². The first-order valence-corrected chi connectivity index (χ1v) is 6.59. The molecule has 0 heterocycles. The number of ether oxygens (including phenoxy) is 1. The minimum atomic E-state index is -0.450. The lowest BCUT2D eigenvalue weighted by Gasteiger charge is -2.20. The molecule has 5 heteroatoms. The lowest BCUT2D eigenvalue weighted by Crippen LogP contribution is -2.35. The van der Waals surface area contributed by atoms with Gasteiger partial charge in [0.2, 0.25) is 0 Å². The van der Waals surface area contributed by atoms with Gasteiger partial charge in [0.25, 0.3) is 0 Å². The third-order valence-electron chi connectivity index (χ3n) is 2.21. The van der Waals surface area contributed by atoms with E-state index in [-0.39, 0.29) is 18.2 Å². The SMILES string of the molecule is CC(O)CC(C)NCCCNC(=O)OC(C)(C)C. The van der Waals surface area contributed by atoms with E-state index in [0.717, 1.165) is 19.4 Å². The minimum Gasteiger partial charge on any atom is -0.444 e. The van der Waals surface area contributed by atoms with E-state index >= 15 is 0 Å². The molecule has 5 nitrogen and oxygen atoms in total. The number of rotatable bonds is 7. The van der Waals surface area contributed by atoms with Crippen LogP contribution in [0.2, 0.25) is 0 Å². The molecule has 3 N–H and O–H groups in total. The van der Waals surface area contributed by atoms with Crippen molar-refractivity contribution in [2.45, 2.75) is 65.2 Å². The molecule has 0 radical (unpaired) electrons. The summed E-state index contributed by atoms with van der Waals surface area (Å²) in [6.07, 6.45) is 0.912. The molecule has 0 aromatic heterocycles. The van der Waals surface area contributed by atoms with Gasteiger partial charge in [-0.05, 0) is 54.0 Å². The highest BCUT2D eigenvalue weighted by Gasteiger charge is 2.15. The summed E-state index contributed by atoms with van der Waals surface area (Å²) in [5.74, 6) is 0. The van der Waals surface area contributed by atoms with E-state index in [1.807, 2.05) is 27.7 Å². The molecule has 0 fully saturated rings. The van der Waals surface area contributed by atoms with Crippen LogP contribution in [-0.4, -0.2) is 42.0 Å². The monoisotopic (exact) mass is 260 g/mol. The molecule has 0 rings (SSSR count). The van der Waals surface area contributed by atoms with Crippen LogP contribution in [0, 0.1) is 0 Å².